The highest BCUT2D eigenvalue weighted by Gasteiger charge is 2.15. The van der Waals surface area contributed by atoms with Crippen LogP contribution < -0.4 is 9.47 Å². The van der Waals surface area contributed by atoms with Crippen LogP contribution in [0.5, 0.6) is 11.5 Å². The van der Waals surface area contributed by atoms with Crippen LogP contribution in [0.1, 0.15) is 17.0 Å². The second-order valence-electron chi connectivity index (χ2n) is 4.50. The molecule has 0 N–H and O–H groups in total. The minimum Gasteiger partial charge on any atom is -0.493 e. The molecule has 0 unspecified atom stereocenters. The van der Waals surface area contributed by atoms with Gasteiger partial charge in [-0.3, -0.25) is 4.68 Å². The number of nitrogens with zero attached hydrogens (tertiary/aromatic N) is 2. The fourth-order valence-corrected chi connectivity index (χ4v) is 2.86. The predicted molar refractivity (Wildman–Crippen MR) is 87.5 cm³/mol. The normalized spacial score (nSPS) is 10.8. The molecule has 0 aliphatic rings. The number of ether oxygens (including phenoxy) is 2. The van der Waals surface area contributed by atoms with Crippen molar-refractivity contribution in [3.8, 4) is 11.5 Å². The summed E-state index contributed by atoms with van der Waals surface area (Å²) in [6.45, 7) is 2.25. The maximum Gasteiger partial charge on any atom is 0.180 e. The molecule has 0 saturated heterocycles. The van der Waals surface area contributed by atoms with E-state index in [2.05, 4.69) is 21.0 Å². The second-order valence-corrected chi connectivity index (χ2v) is 5.97. The smallest absolute Gasteiger partial charge is 0.180 e. The summed E-state index contributed by atoms with van der Waals surface area (Å²) in [7, 11) is 3.44. The Morgan fingerprint density at radius 1 is 1.38 bits per heavy atom. The zero-order valence-electron chi connectivity index (χ0n) is 11.9. The molecular weight excluding hydrogens is 379 g/mol. The molecule has 21 heavy (non-hydrogen) atoms. The summed E-state index contributed by atoms with van der Waals surface area (Å²) < 4.78 is 13.8. The molecule has 2 rings (SSSR count). The molecule has 0 fully saturated rings. The summed E-state index contributed by atoms with van der Waals surface area (Å²) in [5.41, 5.74) is 2.71. The number of rotatable bonds is 5. The van der Waals surface area contributed by atoms with Crippen molar-refractivity contribution in [3.05, 3.63) is 38.6 Å². The Morgan fingerprint density at radius 3 is 2.62 bits per heavy atom. The van der Waals surface area contributed by atoms with E-state index in [1.807, 2.05) is 20.0 Å². The van der Waals surface area contributed by atoms with Crippen molar-refractivity contribution in [2.75, 3.05) is 7.11 Å². The van der Waals surface area contributed by atoms with Crippen molar-refractivity contribution < 1.29 is 9.47 Å². The van der Waals surface area contributed by atoms with Gasteiger partial charge in [-0.2, -0.15) is 5.10 Å². The first kappa shape index (κ1) is 16.5. The largest absolute Gasteiger partial charge is 0.493 e. The lowest BCUT2D eigenvalue weighted by atomic mass is 10.2. The lowest BCUT2D eigenvalue weighted by molar-refractivity contribution is 0.275. The summed E-state index contributed by atoms with van der Waals surface area (Å²) in [5, 5.41) is 4.80. The van der Waals surface area contributed by atoms with Crippen molar-refractivity contribution in [3.63, 3.8) is 0 Å². The average Bonchev–Trinajstić information content (AvgIpc) is 2.70. The number of alkyl halides is 1. The van der Waals surface area contributed by atoms with E-state index >= 15 is 0 Å². The van der Waals surface area contributed by atoms with Gasteiger partial charge in [-0.05, 0) is 40.5 Å². The van der Waals surface area contributed by atoms with Crippen LogP contribution in [0, 0.1) is 6.92 Å². The summed E-state index contributed by atoms with van der Waals surface area (Å²) in [4.78, 5) is 0. The van der Waals surface area contributed by atoms with Gasteiger partial charge in [0.25, 0.3) is 0 Å². The third-order valence-electron chi connectivity index (χ3n) is 3.06. The Bertz CT molecular complexity index is 659. The van der Waals surface area contributed by atoms with Gasteiger partial charge in [0.05, 0.1) is 28.0 Å². The molecule has 1 heterocycles. The molecule has 0 bridgehead atoms. The van der Waals surface area contributed by atoms with Gasteiger partial charge in [0.15, 0.2) is 11.5 Å². The topological polar surface area (TPSA) is 36.3 Å². The third-order valence-corrected chi connectivity index (χ3v) is 4.68. The first-order valence-electron chi connectivity index (χ1n) is 6.21. The predicted octanol–water partition coefficient (Wildman–Crippen LogP) is 4.47. The van der Waals surface area contributed by atoms with E-state index in [1.165, 1.54) is 0 Å². The van der Waals surface area contributed by atoms with Crippen LogP contribution in [-0.2, 0) is 19.5 Å². The van der Waals surface area contributed by atoms with E-state index < -0.39 is 0 Å². The maximum atomic E-state index is 6.25. The molecule has 4 nitrogen and oxygen atoms in total. The molecule has 0 radical (unpaired) electrons. The molecule has 0 spiro atoms. The van der Waals surface area contributed by atoms with Crippen molar-refractivity contribution in [1.29, 1.82) is 0 Å². The molecule has 1 aromatic heterocycles. The van der Waals surface area contributed by atoms with Crippen molar-refractivity contribution in [2.45, 2.75) is 19.4 Å². The summed E-state index contributed by atoms with van der Waals surface area (Å²) in [6.07, 6.45) is 0. The fourth-order valence-electron chi connectivity index (χ4n) is 1.97. The quantitative estimate of drug-likeness (QED) is 0.703. The number of hydrogen-bond donors (Lipinski definition) is 0. The Kier molecular flexibility index (Phi) is 5.41. The van der Waals surface area contributed by atoms with Gasteiger partial charge in [0, 0.05) is 12.9 Å². The molecule has 114 valence electrons. The van der Waals surface area contributed by atoms with E-state index in [-0.39, 0.29) is 0 Å². The number of aryl methyl sites for hydroxylation is 2. The summed E-state index contributed by atoms with van der Waals surface area (Å²) in [6, 6.07) is 3.59. The van der Waals surface area contributed by atoms with Gasteiger partial charge in [-0.25, -0.2) is 0 Å². The zero-order chi connectivity index (χ0) is 15.6. The number of methoxy groups -OCH3 is 1. The number of benzene rings is 1. The molecular formula is C14H15BrCl2N2O2. The molecule has 0 aliphatic heterocycles. The van der Waals surface area contributed by atoms with Gasteiger partial charge >= 0.3 is 0 Å². The fraction of sp³-hybridized carbons (Fsp3) is 0.357. The maximum absolute atomic E-state index is 6.25. The van der Waals surface area contributed by atoms with E-state index in [1.54, 1.807) is 17.9 Å². The van der Waals surface area contributed by atoms with Crippen LogP contribution in [0.15, 0.2) is 16.6 Å². The van der Waals surface area contributed by atoms with E-state index in [4.69, 9.17) is 32.7 Å². The molecule has 1 aromatic carbocycles. The van der Waals surface area contributed by atoms with Crippen molar-refractivity contribution >= 4 is 39.1 Å². The zero-order valence-corrected chi connectivity index (χ0v) is 15.0. The lowest BCUT2D eigenvalue weighted by Crippen LogP contribution is -2.05. The number of aromatic nitrogens is 2. The van der Waals surface area contributed by atoms with Gasteiger partial charge in [-0.1, -0.05) is 11.6 Å². The van der Waals surface area contributed by atoms with Crippen LogP contribution in [-0.4, -0.2) is 16.9 Å². The summed E-state index contributed by atoms with van der Waals surface area (Å²) >= 11 is 15.6. The van der Waals surface area contributed by atoms with E-state index in [0.717, 1.165) is 21.4 Å². The lowest BCUT2D eigenvalue weighted by Gasteiger charge is -2.14. The third kappa shape index (κ3) is 3.47. The minimum absolute atomic E-state index is 0.328. The molecule has 7 heteroatoms. The molecule has 0 amide bonds. The minimum atomic E-state index is 0.328. The first-order chi connectivity index (χ1) is 9.97. The van der Waals surface area contributed by atoms with E-state index in [9.17, 15) is 0 Å². The van der Waals surface area contributed by atoms with Gasteiger partial charge in [-0.15, -0.1) is 11.6 Å². The Balaban J connectivity index is 2.27. The molecule has 0 saturated carbocycles. The van der Waals surface area contributed by atoms with Gasteiger partial charge < -0.3 is 9.47 Å². The Morgan fingerprint density at radius 2 is 2.10 bits per heavy atom. The van der Waals surface area contributed by atoms with Crippen molar-refractivity contribution in [2.24, 2.45) is 7.05 Å². The number of hydrogen-bond acceptors (Lipinski definition) is 3. The summed E-state index contributed by atoms with van der Waals surface area (Å²) in [5.74, 6) is 1.43. The second kappa shape index (κ2) is 6.90. The highest BCUT2D eigenvalue weighted by Crippen LogP contribution is 2.37. The van der Waals surface area contributed by atoms with Crippen molar-refractivity contribution in [1.82, 2.24) is 9.78 Å². The van der Waals surface area contributed by atoms with Gasteiger partial charge in [0.1, 0.15) is 6.61 Å². The van der Waals surface area contributed by atoms with Crippen LogP contribution in [0.25, 0.3) is 0 Å². The molecule has 2 aromatic rings. The molecule has 0 aliphatic carbocycles. The number of halogens is 3. The Hall–Kier alpha value is -0.910. The van der Waals surface area contributed by atoms with Crippen LogP contribution in [0.2, 0.25) is 5.02 Å². The Labute approximate surface area is 142 Å². The SMILES string of the molecule is COc1cc(CCl)cc(Cl)c1OCc1c(Br)c(C)nn1C. The average molecular weight is 394 g/mol. The monoisotopic (exact) mass is 392 g/mol. The molecule has 0 atom stereocenters. The van der Waals surface area contributed by atoms with Crippen LogP contribution >= 0.6 is 39.1 Å². The standard InChI is InChI=1S/C14H15BrCl2N2O2/c1-8-13(15)11(19(2)18-8)7-21-14-10(17)4-9(6-16)5-12(14)20-3/h4-5H,6-7H2,1-3H3. The van der Waals surface area contributed by atoms with E-state index in [0.29, 0.717) is 29.0 Å². The first-order valence-corrected chi connectivity index (χ1v) is 7.91. The van der Waals surface area contributed by atoms with Crippen LogP contribution in [0.3, 0.4) is 0 Å². The van der Waals surface area contributed by atoms with Crippen LogP contribution in [0.4, 0.5) is 0 Å². The highest BCUT2D eigenvalue weighted by atomic mass is 79.9. The van der Waals surface area contributed by atoms with Gasteiger partial charge in [0.2, 0.25) is 0 Å². The highest BCUT2D eigenvalue weighted by molar-refractivity contribution is 9.10.